The lowest BCUT2D eigenvalue weighted by atomic mass is 9.90. The van der Waals surface area contributed by atoms with Gasteiger partial charge in [-0.15, -0.1) is 0 Å². The van der Waals surface area contributed by atoms with Crippen LogP contribution in [0, 0.1) is 5.82 Å². The van der Waals surface area contributed by atoms with Gasteiger partial charge in [-0.25, -0.2) is 4.39 Å². The van der Waals surface area contributed by atoms with Crippen molar-refractivity contribution < 1.29 is 13.9 Å². The lowest BCUT2D eigenvalue weighted by Crippen LogP contribution is -2.45. The Bertz CT molecular complexity index is 435. The molecule has 1 N–H and O–H groups in total. The van der Waals surface area contributed by atoms with Gasteiger partial charge in [0, 0.05) is 6.54 Å². The van der Waals surface area contributed by atoms with Crippen LogP contribution < -0.4 is 5.32 Å². The molecule has 0 amide bonds. The Morgan fingerprint density at radius 1 is 1.59 bits per heavy atom. The molecule has 0 radical (unpaired) electrons. The highest BCUT2D eigenvalue weighted by molar-refractivity contribution is 5.80. The number of halogens is 1. The summed E-state index contributed by atoms with van der Waals surface area (Å²) in [6.07, 6.45) is 0.628. The van der Waals surface area contributed by atoms with Crippen LogP contribution in [0.15, 0.2) is 24.3 Å². The van der Waals surface area contributed by atoms with Crippen LogP contribution in [0.3, 0.4) is 0 Å². The predicted octanol–water partition coefficient (Wildman–Crippen LogP) is 1.83. The van der Waals surface area contributed by atoms with Crippen LogP contribution in [0.2, 0.25) is 0 Å². The third-order valence-corrected chi connectivity index (χ3v) is 3.35. The number of rotatable bonds is 2. The third kappa shape index (κ3) is 2.31. The Morgan fingerprint density at radius 3 is 3.00 bits per heavy atom. The summed E-state index contributed by atoms with van der Waals surface area (Å²) in [6.45, 7) is 2.48. The largest absolute Gasteiger partial charge is 0.468 e. The monoisotopic (exact) mass is 237 g/mol. The lowest BCUT2D eigenvalue weighted by molar-refractivity contribution is -0.147. The van der Waals surface area contributed by atoms with Crippen LogP contribution >= 0.6 is 0 Å². The Balaban J connectivity index is 2.15. The molecule has 2 atom stereocenters. The van der Waals surface area contributed by atoms with Crippen molar-refractivity contribution in [2.24, 2.45) is 0 Å². The van der Waals surface area contributed by atoms with Crippen molar-refractivity contribution in [2.45, 2.75) is 24.8 Å². The standard InChI is InChI=1S/C13H16FNO2/c1-13(12(16)17-2)7-10(8-15-13)9-4-3-5-11(14)6-9/h3-6,10,15H,7-8H2,1-2H3. The maximum atomic E-state index is 13.1. The zero-order chi connectivity index (χ0) is 12.5. The van der Waals surface area contributed by atoms with Crippen LogP contribution in [0.1, 0.15) is 24.8 Å². The van der Waals surface area contributed by atoms with Gasteiger partial charge < -0.3 is 10.1 Å². The van der Waals surface area contributed by atoms with E-state index < -0.39 is 5.54 Å². The number of hydrogen-bond donors (Lipinski definition) is 1. The molecule has 0 aromatic heterocycles. The number of carbonyl (C=O) groups excluding carboxylic acids is 1. The molecule has 1 aromatic carbocycles. The molecule has 92 valence electrons. The minimum atomic E-state index is -0.661. The first-order valence-corrected chi connectivity index (χ1v) is 5.64. The third-order valence-electron chi connectivity index (χ3n) is 3.35. The number of ether oxygens (including phenoxy) is 1. The van der Waals surface area contributed by atoms with E-state index in [1.165, 1.54) is 19.2 Å². The molecule has 4 heteroatoms. The van der Waals surface area contributed by atoms with Crippen LogP contribution in [0.25, 0.3) is 0 Å². The molecule has 2 rings (SSSR count). The molecule has 0 bridgehead atoms. The smallest absolute Gasteiger partial charge is 0.325 e. The van der Waals surface area contributed by atoms with Gasteiger partial charge in [0.2, 0.25) is 0 Å². The maximum Gasteiger partial charge on any atom is 0.325 e. The highest BCUT2D eigenvalue weighted by Crippen LogP contribution is 2.32. The summed E-state index contributed by atoms with van der Waals surface area (Å²) in [5.41, 5.74) is 0.260. The summed E-state index contributed by atoms with van der Waals surface area (Å²) in [6, 6.07) is 6.53. The number of benzene rings is 1. The summed E-state index contributed by atoms with van der Waals surface area (Å²) in [7, 11) is 1.38. The van der Waals surface area contributed by atoms with Crippen molar-refractivity contribution in [1.82, 2.24) is 5.32 Å². The van der Waals surface area contributed by atoms with E-state index in [-0.39, 0.29) is 17.7 Å². The summed E-state index contributed by atoms with van der Waals surface area (Å²) in [5.74, 6) is -0.361. The Kier molecular flexibility index (Phi) is 3.15. The molecule has 3 nitrogen and oxygen atoms in total. The van der Waals surface area contributed by atoms with E-state index in [0.717, 1.165) is 5.56 Å². The van der Waals surface area contributed by atoms with Gasteiger partial charge in [0.25, 0.3) is 0 Å². The molecule has 1 saturated heterocycles. The van der Waals surface area contributed by atoms with Crippen LogP contribution in [-0.4, -0.2) is 25.2 Å². The molecule has 0 aliphatic carbocycles. The molecule has 1 aliphatic heterocycles. The summed E-state index contributed by atoms with van der Waals surface area (Å²) in [4.78, 5) is 11.6. The summed E-state index contributed by atoms with van der Waals surface area (Å²) in [5, 5.41) is 3.15. The van der Waals surface area contributed by atoms with E-state index in [1.54, 1.807) is 6.07 Å². The quantitative estimate of drug-likeness (QED) is 0.797. The van der Waals surface area contributed by atoms with Gasteiger partial charge in [-0.05, 0) is 37.0 Å². The SMILES string of the molecule is COC(=O)C1(C)CC(c2cccc(F)c2)CN1. The first-order valence-electron chi connectivity index (χ1n) is 5.64. The number of esters is 1. The summed E-state index contributed by atoms with van der Waals surface area (Å²) < 4.78 is 17.9. The zero-order valence-electron chi connectivity index (χ0n) is 10.00. The fourth-order valence-corrected chi connectivity index (χ4v) is 2.36. The Hall–Kier alpha value is -1.42. The van der Waals surface area contributed by atoms with Gasteiger partial charge in [-0.3, -0.25) is 4.79 Å². The first kappa shape index (κ1) is 12.0. The predicted molar refractivity (Wildman–Crippen MR) is 62.2 cm³/mol. The normalized spacial score (nSPS) is 28.1. The van der Waals surface area contributed by atoms with E-state index in [0.29, 0.717) is 13.0 Å². The lowest BCUT2D eigenvalue weighted by Gasteiger charge is -2.20. The Labute approximate surface area is 100.0 Å². The van der Waals surface area contributed by atoms with Gasteiger partial charge in [0.15, 0.2) is 0 Å². The number of hydrogen-bond acceptors (Lipinski definition) is 3. The van der Waals surface area contributed by atoms with Crippen LogP contribution in [-0.2, 0) is 9.53 Å². The molecule has 1 aromatic rings. The van der Waals surface area contributed by atoms with Gasteiger partial charge >= 0.3 is 5.97 Å². The highest BCUT2D eigenvalue weighted by Gasteiger charge is 2.42. The van der Waals surface area contributed by atoms with Crippen molar-refractivity contribution in [3.63, 3.8) is 0 Å². The van der Waals surface area contributed by atoms with Crippen LogP contribution in [0.5, 0.6) is 0 Å². The fourth-order valence-electron chi connectivity index (χ4n) is 2.36. The van der Waals surface area contributed by atoms with Crippen molar-refractivity contribution >= 4 is 5.97 Å². The minimum Gasteiger partial charge on any atom is -0.468 e. The van der Waals surface area contributed by atoms with Gasteiger partial charge in [-0.2, -0.15) is 0 Å². The average Bonchev–Trinajstić information content (AvgIpc) is 2.72. The second-order valence-electron chi connectivity index (χ2n) is 4.66. The molecule has 17 heavy (non-hydrogen) atoms. The number of nitrogens with one attached hydrogen (secondary N) is 1. The second kappa shape index (κ2) is 4.45. The number of carbonyl (C=O) groups is 1. The van der Waals surface area contributed by atoms with Gasteiger partial charge in [-0.1, -0.05) is 12.1 Å². The first-order chi connectivity index (χ1) is 8.05. The molecule has 1 fully saturated rings. The average molecular weight is 237 g/mol. The molecule has 2 unspecified atom stereocenters. The van der Waals surface area contributed by atoms with Crippen molar-refractivity contribution in [1.29, 1.82) is 0 Å². The maximum absolute atomic E-state index is 13.1. The molecule has 1 heterocycles. The van der Waals surface area contributed by atoms with E-state index in [4.69, 9.17) is 4.74 Å². The minimum absolute atomic E-state index is 0.148. The van der Waals surface area contributed by atoms with E-state index >= 15 is 0 Å². The van der Waals surface area contributed by atoms with Gasteiger partial charge in [0.1, 0.15) is 11.4 Å². The van der Waals surface area contributed by atoms with Crippen molar-refractivity contribution in [2.75, 3.05) is 13.7 Å². The molecule has 0 spiro atoms. The molecule has 0 saturated carbocycles. The van der Waals surface area contributed by atoms with Gasteiger partial charge in [0.05, 0.1) is 7.11 Å². The molecular formula is C13H16FNO2. The fraction of sp³-hybridized carbons (Fsp3) is 0.462. The number of methoxy groups -OCH3 is 1. The molecular weight excluding hydrogens is 221 g/mol. The zero-order valence-corrected chi connectivity index (χ0v) is 10.00. The topological polar surface area (TPSA) is 38.3 Å². The van der Waals surface area contributed by atoms with Crippen molar-refractivity contribution in [3.05, 3.63) is 35.6 Å². The van der Waals surface area contributed by atoms with E-state index in [2.05, 4.69) is 5.32 Å². The highest BCUT2D eigenvalue weighted by atomic mass is 19.1. The van der Waals surface area contributed by atoms with Crippen LogP contribution in [0.4, 0.5) is 4.39 Å². The van der Waals surface area contributed by atoms with E-state index in [1.807, 2.05) is 13.0 Å². The molecule has 1 aliphatic rings. The van der Waals surface area contributed by atoms with Crippen molar-refractivity contribution in [3.8, 4) is 0 Å². The van der Waals surface area contributed by atoms with E-state index in [9.17, 15) is 9.18 Å². The second-order valence-corrected chi connectivity index (χ2v) is 4.66. The summed E-state index contributed by atoms with van der Waals surface area (Å²) >= 11 is 0. The Morgan fingerprint density at radius 2 is 2.35 bits per heavy atom.